The summed E-state index contributed by atoms with van der Waals surface area (Å²) in [5.41, 5.74) is 2.67. The molecular formula is C14H10ClN3S. The highest BCUT2D eigenvalue weighted by Crippen LogP contribution is 2.33. The van der Waals surface area contributed by atoms with Crippen molar-refractivity contribution in [1.29, 1.82) is 0 Å². The van der Waals surface area contributed by atoms with Gasteiger partial charge in [-0.3, -0.25) is 4.98 Å². The van der Waals surface area contributed by atoms with E-state index < -0.39 is 0 Å². The van der Waals surface area contributed by atoms with E-state index in [1.165, 1.54) is 0 Å². The summed E-state index contributed by atoms with van der Waals surface area (Å²) in [6, 6.07) is 10.0. The first-order chi connectivity index (χ1) is 9.29. The standard InChI is InChI=1S/C14H10ClN3S/c1-19-12-5-3-2-4-10(12)13-9-6-7-16-8-11(9)17-14(15)18-13/h2-8H,1H3. The summed E-state index contributed by atoms with van der Waals surface area (Å²) in [5.74, 6) is 0. The van der Waals surface area contributed by atoms with Crippen LogP contribution < -0.4 is 0 Å². The van der Waals surface area contributed by atoms with Crippen molar-refractivity contribution < 1.29 is 0 Å². The molecule has 3 rings (SSSR count). The Morgan fingerprint density at radius 2 is 1.95 bits per heavy atom. The van der Waals surface area contributed by atoms with E-state index in [-0.39, 0.29) is 5.28 Å². The van der Waals surface area contributed by atoms with E-state index in [9.17, 15) is 0 Å². The predicted octanol–water partition coefficient (Wildman–Crippen LogP) is 4.07. The van der Waals surface area contributed by atoms with Gasteiger partial charge in [0.05, 0.1) is 17.4 Å². The van der Waals surface area contributed by atoms with Crippen molar-refractivity contribution in [2.75, 3.05) is 6.26 Å². The smallest absolute Gasteiger partial charge is 0.223 e. The molecule has 0 atom stereocenters. The van der Waals surface area contributed by atoms with Gasteiger partial charge in [0.1, 0.15) is 0 Å². The van der Waals surface area contributed by atoms with Crippen LogP contribution in [0.3, 0.4) is 0 Å². The highest BCUT2D eigenvalue weighted by Gasteiger charge is 2.11. The molecule has 0 N–H and O–H groups in total. The summed E-state index contributed by atoms with van der Waals surface area (Å²) in [6.07, 6.45) is 5.49. The third-order valence-corrected chi connectivity index (χ3v) is 3.80. The molecule has 94 valence electrons. The molecule has 0 saturated heterocycles. The monoisotopic (exact) mass is 287 g/mol. The van der Waals surface area contributed by atoms with Crippen LogP contribution in [-0.4, -0.2) is 21.2 Å². The number of benzene rings is 1. The second-order valence-electron chi connectivity index (χ2n) is 3.93. The summed E-state index contributed by atoms with van der Waals surface area (Å²) in [7, 11) is 0. The van der Waals surface area contributed by atoms with E-state index >= 15 is 0 Å². The van der Waals surface area contributed by atoms with Crippen molar-refractivity contribution in [3.63, 3.8) is 0 Å². The van der Waals surface area contributed by atoms with Crippen molar-refractivity contribution >= 4 is 34.3 Å². The molecule has 1 aromatic carbocycles. The van der Waals surface area contributed by atoms with E-state index in [0.29, 0.717) is 0 Å². The van der Waals surface area contributed by atoms with Crippen LogP contribution in [0.5, 0.6) is 0 Å². The summed E-state index contributed by atoms with van der Waals surface area (Å²) in [4.78, 5) is 13.8. The molecule has 0 aliphatic heterocycles. The molecular weight excluding hydrogens is 278 g/mol. The molecule has 2 heterocycles. The summed E-state index contributed by atoms with van der Waals surface area (Å²) in [6.45, 7) is 0. The Morgan fingerprint density at radius 3 is 2.79 bits per heavy atom. The molecule has 3 nitrogen and oxygen atoms in total. The van der Waals surface area contributed by atoms with Crippen molar-refractivity contribution in [3.8, 4) is 11.3 Å². The lowest BCUT2D eigenvalue weighted by Crippen LogP contribution is -1.93. The quantitative estimate of drug-likeness (QED) is 0.526. The maximum atomic E-state index is 6.01. The maximum Gasteiger partial charge on any atom is 0.223 e. The van der Waals surface area contributed by atoms with Crippen molar-refractivity contribution in [1.82, 2.24) is 15.0 Å². The van der Waals surface area contributed by atoms with Gasteiger partial charge in [-0.25, -0.2) is 9.97 Å². The Morgan fingerprint density at radius 1 is 1.11 bits per heavy atom. The molecule has 0 unspecified atom stereocenters. The Hall–Kier alpha value is -1.65. The van der Waals surface area contributed by atoms with Gasteiger partial charge in [-0.2, -0.15) is 0 Å². The first-order valence-corrected chi connectivity index (χ1v) is 7.30. The number of aromatic nitrogens is 3. The van der Waals surface area contributed by atoms with E-state index in [1.54, 1.807) is 24.2 Å². The summed E-state index contributed by atoms with van der Waals surface area (Å²) < 4.78 is 0. The number of thioether (sulfide) groups is 1. The van der Waals surface area contributed by atoms with Gasteiger partial charge in [-0.1, -0.05) is 18.2 Å². The zero-order valence-electron chi connectivity index (χ0n) is 10.2. The molecule has 2 aromatic heterocycles. The Labute approximate surface area is 120 Å². The van der Waals surface area contributed by atoms with Crippen molar-refractivity contribution in [3.05, 3.63) is 48.0 Å². The third kappa shape index (κ3) is 2.29. The minimum Gasteiger partial charge on any atom is -0.262 e. The first kappa shape index (κ1) is 12.4. The van der Waals surface area contributed by atoms with Crippen LogP contribution in [0.15, 0.2) is 47.6 Å². The number of fused-ring (bicyclic) bond motifs is 1. The van der Waals surface area contributed by atoms with Gasteiger partial charge in [-0.05, 0) is 30.0 Å². The zero-order valence-corrected chi connectivity index (χ0v) is 11.7. The van der Waals surface area contributed by atoms with Crippen molar-refractivity contribution in [2.45, 2.75) is 4.90 Å². The first-order valence-electron chi connectivity index (χ1n) is 5.70. The fraction of sp³-hybridized carbons (Fsp3) is 0.0714. The van der Waals surface area contributed by atoms with Gasteiger partial charge in [0.2, 0.25) is 5.28 Å². The molecule has 3 aromatic rings. The van der Waals surface area contributed by atoms with E-state index in [0.717, 1.165) is 27.1 Å². The van der Waals surface area contributed by atoms with Crippen LogP contribution in [-0.2, 0) is 0 Å². The molecule has 0 aliphatic rings. The lowest BCUT2D eigenvalue weighted by molar-refractivity contribution is 1.20. The van der Waals surface area contributed by atoms with Gasteiger partial charge in [-0.15, -0.1) is 11.8 Å². The van der Waals surface area contributed by atoms with Crippen LogP contribution in [0.2, 0.25) is 5.28 Å². The van der Waals surface area contributed by atoms with Crippen LogP contribution in [0.25, 0.3) is 22.2 Å². The molecule has 0 spiro atoms. The largest absolute Gasteiger partial charge is 0.262 e. The number of pyridine rings is 1. The van der Waals surface area contributed by atoms with Crippen LogP contribution in [0.4, 0.5) is 0 Å². The molecule has 19 heavy (non-hydrogen) atoms. The topological polar surface area (TPSA) is 38.7 Å². The SMILES string of the molecule is CSc1ccccc1-c1nc(Cl)nc2cnccc12. The molecule has 0 radical (unpaired) electrons. The van der Waals surface area contributed by atoms with Gasteiger partial charge in [0, 0.05) is 22.0 Å². The minimum absolute atomic E-state index is 0.242. The normalized spacial score (nSPS) is 10.8. The minimum atomic E-state index is 0.242. The second-order valence-corrected chi connectivity index (χ2v) is 5.12. The lowest BCUT2D eigenvalue weighted by Gasteiger charge is -2.09. The van der Waals surface area contributed by atoms with Crippen LogP contribution >= 0.6 is 23.4 Å². The maximum absolute atomic E-state index is 6.01. The lowest BCUT2D eigenvalue weighted by atomic mass is 10.1. The van der Waals surface area contributed by atoms with E-state index in [1.807, 2.05) is 30.5 Å². The van der Waals surface area contributed by atoms with Gasteiger partial charge in [0.15, 0.2) is 0 Å². The van der Waals surface area contributed by atoms with Crippen LogP contribution in [0.1, 0.15) is 0 Å². The Balaban J connectivity index is 2.36. The zero-order chi connectivity index (χ0) is 13.2. The fourth-order valence-corrected chi connectivity index (χ4v) is 2.77. The molecule has 0 bridgehead atoms. The molecule has 0 saturated carbocycles. The van der Waals surface area contributed by atoms with E-state index in [4.69, 9.17) is 11.6 Å². The number of halogens is 1. The number of rotatable bonds is 2. The Bertz CT molecular complexity index is 746. The fourth-order valence-electron chi connectivity index (χ4n) is 2.00. The van der Waals surface area contributed by atoms with Gasteiger partial charge >= 0.3 is 0 Å². The third-order valence-electron chi connectivity index (χ3n) is 2.83. The van der Waals surface area contributed by atoms with Gasteiger partial charge in [0.25, 0.3) is 0 Å². The molecule has 5 heteroatoms. The molecule has 0 amide bonds. The van der Waals surface area contributed by atoms with Crippen molar-refractivity contribution in [2.24, 2.45) is 0 Å². The Kier molecular flexibility index (Phi) is 3.36. The highest BCUT2D eigenvalue weighted by molar-refractivity contribution is 7.98. The average molecular weight is 288 g/mol. The van der Waals surface area contributed by atoms with E-state index in [2.05, 4.69) is 21.0 Å². The highest BCUT2D eigenvalue weighted by atomic mass is 35.5. The molecule has 0 aliphatic carbocycles. The summed E-state index contributed by atoms with van der Waals surface area (Å²) in [5, 5.41) is 1.20. The number of hydrogen-bond donors (Lipinski definition) is 0. The average Bonchev–Trinajstić information content (AvgIpc) is 2.46. The molecule has 0 fully saturated rings. The number of hydrogen-bond acceptors (Lipinski definition) is 4. The van der Waals surface area contributed by atoms with Crippen LogP contribution in [0, 0.1) is 0 Å². The predicted molar refractivity (Wildman–Crippen MR) is 79.6 cm³/mol. The summed E-state index contributed by atoms with van der Waals surface area (Å²) >= 11 is 7.70. The number of nitrogens with zero attached hydrogens (tertiary/aromatic N) is 3. The van der Waals surface area contributed by atoms with Gasteiger partial charge < -0.3 is 0 Å². The second kappa shape index (κ2) is 5.15.